The first-order chi connectivity index (χ1) is 16.4. The Morgan fingerprint density at radius 3 is 2.62 bits per heavy atom. The van der Waals surface area contributed by atoms with Crippen molar-refractivity contribution in [3.05, 3.63) is 81.5 Å². The molecule has 172 valence electrons. The van der Waals surface area contributed by atoms with E-state index in [1.54, 1.807) is 37.3 Å². The minimum absolute atomic E-state index is 0.154. The average molecular weight is 457 g/mol. The van der Waals surface area contributed by atoms with Gasteiger partial charge in [0.25, 0.3) is 5.56 Å². The van der Waals surface area contributed by atoms with Crippen LogP contribution in [0.4, 0.5) is 11.4 Å². The average Bonchev–Trinajstić information content (AvgIpc) is 3.43. The fraction of sp³-hybridized carbons (Fsp3) is 0.231. The first-order valence-electron chi connectivity index (χ1n) is 11.2. The van der Waals surface area contributed by atoms with Crippen LogP contribution in [0.3, 0.4) is 0 Å². The number of aromatic hydroxyl groups is 1. The Morgan fingerprint density at radius 2 is 1.85 bits per heavy atom. The summed E-state index contributed by atoms with van der Waals surface area (Å²) in [5.74, 6) is 0.179. The molecule has 0 atom stereocenters. The van der Waals surface area contributed by atoms with Crippen molar-refractivity contribution in [3.8, 4) is 22.8 Å². The molecule has 8 nitrogen and oxygen atoms in total. The number of hydrogen-bond donors (Lipinski definition) is 2. The quantitative estimate of drug-likeness (QED) is 0.286. The molecule has 2 aromatic carbocycles. The maximum absolute atomic E-state index is 13.1. The third-order valence-electron chi connectivity index (χ3n) is 6.12. The van der Waals surface area contributed by atoms with Gasteiger partial charge in [0.2, 0.25) is 0 Å². The van der Waals surface area contributed by atoms with Crippen LogP contribution in [0, 0.1) is 6.92 Å². The number of carbonyl (C=O) groups excluding carboxylic acids is 1. The number of phenolic OH excluding ortho intramolecular Hbond substituents is 1. The first kappa shape index (κ1) is 21.6. The summed E-state index contributed by atoms with van der Waals surface area (Å²) < 4.78 is 6.99. The number of aromatic nitrogens is 2. The minimum atomic E-state index is -0.315. The van der Waals surface area contributed by atoms with Crippen LogP contribution in [0.1, 0.15) is 47.1 Å². The third-order valence-corrected chi connectivity index (χ3v) is 6.12. The molecule has 0 fully saturated rings. The van der Waals surface area contributed by atoms with Crippen LogP contribution in [0.15, 0.2) is 68.0 Å². The Bertz CT molecular complexity index is 1490. The molecule has 8 heteroatoms. The highest BCUT2D eigenvalue weighted by atomic mass is 16.3. The molecule has 2 N–H and O–H groups in total. The minimum Gasteiger partial charge on any atom is -0.505 e. The lowest BCUT2D eigenvalue weighted by Gasteiger charge is -2.16. The van der Waals surface area contributed by atoms with Crippen LogP contribution in [0.2, 0.25) is 0 Å². The Balaban J connectivity index is 1.47. The molecule has 0 spiro atoms. The molecular formula is C26H24N4O4. The van der Waals surface area contributed by atoms with Gasteiger partial charge in [0, 0.05) is 6.92 Å². The van der Waals surface area contributed by atoms with Crippen LogP contribution >= 0.6 is 0 Å². The van der Waals surface area contributed by atoms with E-state index in [-0.39, 0.29) is 34.2 Å². The Hall–Kier alpha value is -4.20. The standard InChI is InChI=1S/C26H24N4O4/c1-15-24(26(33)30(29-15)19-11-10-17-6-3-4-7-18(17)14-19)28-27-21-9-5-8-20(25(21)32)23-13-12-22(34-23)16(2)31/h5,8-14,29,32H,3-4,6-7H2,1-2H3. The van der Waals surface area contributed by atoms with Crippen LogP contribution in [-0.2, 0) is 12.8 Å². The topological polar surface area (TPSA) is 113 Å². The number of nitrogens with zero attached hydrogens (tertiary/aromatic N) is 3. The summed E-state index contributed by atoms with van der Waals surface area (Å²) in [4.78, 5) is 24.6. The maximum Gasteiger partial charge on any atom is 0.299 e. The van der Waals surface area contributed by atoms with E-state index in [0.717, 1.165) is 24.9 Å². The fourth-order valence-corrected chi connectivity index (χ4v) is 4.28. The number of aromatic amines is 1. The first-order valence-corrected chi connectivity index (χ1v) is 11.2. The molecule has 0 saturated heterocycles. The summed E-state index contributed by atoms with van der Waals surface area (Å²) in [5.41, 5.74) is 4.36. The third kappa shape index (κ3) is 3.87. The lowest BCUT2D eigenvalue weighted by Crippen LogP contribution is -2.15. The number of fused-ring (bicyclic) bond motifs is 1. The number of benzene rings is 2. The molecular weight excluding hydrogens is 432 g/mol. The van der Waals surface area contributed by atoms with Crippen molar-refractivity contribution < 1.29 is 14.3 Å². The van der Waals surface area contributed by atoms with Crippen LogP contribution < -0.4 is 5.56 Å². The molecule has 1 aliphatic rings. The van der Waals surface area contributed by atoms with E-state index < -0.39 is 0 Å². The smallest absolute Gasteiger partial charge is 0.299 e. The largest absolute Gasteiger partial charge is 0.505 e. The molecule has 34 heavy (non-hydrogen) atoms. The molecule has 0 saturated carbocycles. The second-order valence-corrected chi connectivity index (χ2v) is 8.48. The van der Waals surface area contributed by atoms with Crippen LogP contribution in [-0.4, -0.2) is 20.7 Å². The molecule has 0 bridgehead atoms. The number of aryl methyl sites for hydroxylation is 3. The number of carbonyl (C=O) groups is 1. The van der Waals surface area contributed by atoms with Crippen molar-refractivity contribution in [3.63, 3.8) is 0 Å². The highest BCUT2D eigenvalue weighted by Crippen LogP contribution is 2.38. The van der Waals surface area contributed by atoms with Crippen molar-refractivity contribution in [2.24, 2.45) is 10.2 Å². The molecule has 2 heterocycles. The molecule has 0 aliphatic heterocycles. The van der Waals surface area contributed by atoms with Gasteiger partial charge in [-0.2, -0.15) is 0 Å². The summed E-state index contributed by atoms with van der Waals surface area (Å²) in [6.07, 6.45) is 4.45. The zero-order valence-corrected chi connectivity index (χ0v) is 19.0. The number of Topliss-reactive ketones (excluding diaryl/α,β-unsaturated/α-hetero) is 1. The molecule has 0 unspecified atom stereocenters. The molecule has 0 radical (unpaired) electrons. The van der Waals surface area contributed by atoms with E-state index in [9.17, 15) is 14.7 Å². The summed E-state index contributed by atoms with van der Waals surface area (Å²) in [6, 6.07) is 14.2. The van der Waals surface area contributed by atoms with Gasteiger partial charge in [-0.25, -0.2) is 4.68 Å². The van der Waals surface area contributed by atoms with E-state index in [4.69, 9.17) is 4.42 Å². The summed E-state index contributed by atoms with van der Waals surface area (Å²) in [7, 11) is 0. The normalized spacial score (nSPS) is 13.4. The molecule has 0 amide bonds. The highest BCUT2D eigenvalue weighted by Gasteiger charge is 2.17. The van der Waals surface area contributed by atoms with Gasteiger partial charge in [0.1, 0.15) is 11.4 Å². The van der Waals surface area contributed by atoms with E-state index in [0.29, 0.717) is 17.0 Å². The second-order valence-electron chi connectivity index (χ2n) is 8.48. The number of para-hydroxylation sites is 1. The van der Waals surface area contributed by atoms with Gasteiger partial charge in [-0.05, 0) is 80.1 Å². The number of nitrogens with one attached hydrogen (secondary N) is 1. The van der Waals surface area contributed by atoms with Crippen molar-refractivity contribution in [2.45, 2.75) is 39.5 Å². The van der Waals surface area contributed by atoms with E-state index in [1.165, 1.54) is 29.2 Å². The number of furan rings is 1. The highest BCUT2D eigenvalue weighted by molar-refractivity contribution is 5.92. The lowest BCUT2D eigenvalue weighted by molar-refractivity contribution is 0.0988. The Labute approximate surface area is 195 Å². The van der Waals surface area contributed by atoms with E-state index in [2.05, 4.69) is 27.5 Å². The van der Waals surface area contributed by atoms with E-state index >= 15 is 0 Å². The van der Waals surface area contributed by atoms with Crippen LogP contribution in [0.5, 0.6) is 5.75 Å². The van der Waals surface area contributed by atoms with Gasteiger partial charge in [-0.15, -0.1) is 10.2 Å². The monoisotopic (exact) mass is 456 g/mol. The Kier molecular flexibility index (Phi) is 5.49. The summed E-state index contributed by atoms with van der Waals surface area (Å²) in [6.45, 7) is 3.16. The summed E-state index contributed by atoms with van der Waals surface area (Å²) >= 11 is 0. The van der Waals surface area contributed by atoms with Gasteiger partial charge in [-0.3, -0.25) is 14.7 Å². The Morgan fingerprint density at radius 1 is 1.06 bits per heavy atom. The molecule has 1 aliphatic carbocycles. The lowest BCUT2D eigenvalue weighted by atomic mass is 9.91. The number of ketones is 1. The van der Waals surface area contributed by atoms with Crippen molar-refractivity contribution in [1.29, 1.82) is 0 Å². The van der Waals surface area contributed by atoms with Gasteiger partial charge < -0.3 is 9.52 Å². The van der Waals surface area contributed by atoms with Gasteiger partial charge in [0.05, 0.1) is 16.9 Å². The zero-order chi connectivity index (χ0) is 23.8. The number of H-pyrrole nitrogens is 1. The second kappa shape index (κ2) is 8.62. The van der Waals surface area contributed by atoms with E-state index in [1.807, 2.05) is 6.07 Å². The number of rotatable bonds is 5. The van der Waals surface area contributed by atoms with Crippen LogP contribution in [0.25, 0.3) is 17.0 Å². The van der Waals surface area contributed by atoms with Gasteiger partial charge in [0.15, 0.2) is 23.0 Å². The van der Waals surface area contributed by atoms with Gasteiger partial charge >= 0.3 is 0 Å². The van der Waals surface area contributed by atoms with Gasteiger partial charge in [-0.1, -0.05) is 12.1 Å². The molecule has 5 rings (SSSR count). The molecule has 4 aromatic rings. The number of phenols is 1. The number of azo groups is 1. The summed E-state index contributed by atoms with van der Waals surface area (Å²) in [5, 5.41) is 22.1. The SMILES string of the molecule is CC(=O)c1ccc(-c2cccc(N=Nc3c(C)[nH]n(-c4ccc5c(c4)CCCC5)c3=O)c2O)o1. The fourth-order valence-electron chi connectivity index (χ4n) is 4.28. The zero-order valence-electron chi connectivity index (χ0n) is 19.0. The molecule has 2 aromatic heterocycles. The van der Waals surface area contributed by atoms with Crippen molar-refractivity contribution in [1.82, 2.24) is 9.78 Å². The predicted octanol–water partition coefficient (Wildman–Crippen LogP) is 5.94. The van der Waals surface area contributed by atoms with Crippen molar-refractivity contribution in [2.75, 3.05) is 0 Å². The maximum atomic E-state index is 13.1. The number of hydrogen-bond acceptors (Lipinski definition) is 6. The predicted molar refractivity (Wildman–Crippen MR) is 128 cm³/mol. The van der Waals surface area contributed by atoms with Crippen molar-refractivity contribution >= 4 is 17.2 Å².